The van der Waals surface area contributed by atoms with E-state index in [-0.39, 0.29) is 22.0 Å². The minimum absolute atomic E-state index is 0.103. The molecule has 6 heteroatoms. The maximum atomic E-state index is 12.4. The first-order valence-corrected chi connectivity index (χ1v) is 5.82. The number of carboxylic acids is 1. The van der Waals surface area contributed by atoms with E-state index in [9.17, 15) is 19.5 Å². The number of aromatic nitrogens is 1. The van der Waals surface area contributed by atoms with Crippen LogP contribution >= 0.6 is 0 Å². The van der Waals surface area contributed by atoms with Gasteiger partial charge >= 0.3 is 11.6 Å². The number of carboxylic acid groups (broad SMARTS) is 1. The van der Waals surface area contributed by atoms with E-state index in [1.165, 1.54) is 22.7 Å². The molecule has 0 aromatic carbocycles. The van der Waals surface area contributed by atoms with E-state index in [1.807, 2.05) is 0 Å². The average molecular weight is 271 g/mol. The van der Waals surface area contributed by atoms with Crippen molar-refractivity contribution in [3.05, 3.63) is 62.4 Å². The monoisotopic (exact) mass is 271 g/mol. The molecule has 0 fully saturated rings. The first-order valence-electron chi connectivity index (χ1n) is 5.82. The van der Waals surface area contributed by atoms with Crippen molar-refractivity contribution in [2.45, 2.75) is 6.92 Å². The van der Waals surface area contributed by atoms with Crippen molar-refractivity contribution in [1.29, 1.82) is 0 Å². The molecule has 0 aliphatic heterocycles. The average Bonchev–Trinajstić information content (AvgIpc) is 2.37. The second-order valence-corrected chi connectivity index (χ2v) is 4.39. The van der Waals surface area contributed by atoms with Crippen molar-refractivity contribution in [1.82, 2.24) is 4.40 Å². The van der Waals surface area contributed by atoms with Crippen LogP contribution in [0.2, 0.25) is 0 Å². The van der Waals surface area contributed by atoms with E-state index in [0.29, 0.717) is 5.56 Å². The number of fused-ring (bicyclic) bond motifs is 2. The Labute approximate surface area is 111 Å². The number of pyridine rings is 2. The van der Waals surface area contributed by atoms with Crippen LogP contribution < -0.4 is 11.2 Å². The molecule has 3 aromatic heterocycles. The summed E-state index contributed by atoms with van der Waals surface area (Å²) in [5.74, 6) is -1.26. The molecule has 3 heterocycles. The molecule has 0 unspecified atom stereocenters. The topological polar surface area (TPSA) is 89.0 Å². The van der Waals surface area contributed by atoms with Crippen LogP contribution in [0.1, 0.15) is 15.9 Å². The fourth-order valence-corrected chi connectivity index (χ4v) is 2.32. The second kappa shape index (κ2) is 4.06. The molecule has 0 radical (unpaired) electrons. The van der Waals surface area contributed by atoms with Crippen molar-refractivity contribution < 1.29 is 14.3 Å². The Hall–Kier alpha value is -2.89. The molecule has 3 aromatic rings. The largest absolute Gasteiger partial charge is 0.477 e. The lowest BCUT2D eigenvalue weighted by Crippen LogP contribution is -2.19. The van der Waals surface area contributed by atoms with Gasteiger partial charge in [-0.3, -0.25) is 9.20 Å². The summed E-state index contributed by atoms with van der Waals surface area (Å²) < 4.78 is 6.21. The summed E-state index contributed by atoms with van der Waals surface area (Å²) in [6, 6.07) is 5.90. The number of hydrogen-bond donors (Lipinski definition) is 1. The van der Waals surface area contributed by atoms with Gasteiger partial charge in [0.1, 0.15) is 5.56 Å². The van der Waals surface area contributed by atoms with Crippen LogP contribution in [-0.4, -0.2) is 15.5 Å². The van der Waals surface area contributed by atoms with E-state index in [4.69, 9.17) is 4.42 Å². The van der Waals surface area contributed by atoms with Crippen molar-refractivity contribution in [2.24, 2.45) is 0 Å². The Bertz CT molecular complexity index is 980. The highest BCUT2D eigenvalue weighted by atomic mass is 16.4. The summed E-state index contributed by atoms with van der Waals surface area (Å²) in [6.07, 6.45) is 1.48. The zero-order valence-electron chi connectivity index (χ0n) is 10.4. The van der Waals surface area contributed by atoms with Gasteiger partial charge in [-0.25, -0.2) is 9.59 Å². The molecule has 100 valence electrons. The van der Waals surface area contributed by atoms with Gasteiger partial charge in [0, 0.05) is 12.3 Å². The number of aryl methyl sites for hydroxylation is 1. The summed E-state index contributed by atoms with van der Waals surface area (Å²) in [5.41, 5.74) is -0.896. The molecule has 20 heavy (non-hydrogen) atoms. The molecule has 3 rings (SSSR count). The molecule has 0 saturated heterocycles. The van der Waals surface area contributed by atoms with Gasteiger partial charge in [0.15, 0.2) is 5.58 Å². The lowest BCUT2D eigenvalue weighted by molar-refractivity contribution is 0.0699. The molecular formula is C14H9NO5. The fourth-order valence-electron chi connectivity index (χ4n) is 2.32. The predicted octanol–water partition coefficient (Wildman–Crippen LogP) is 1.41. The Kier molecular flexibility index (Phi) is 2.47. The van der Waals surface area contributed by atoms with Crippen molar-refractivity contribution >= 4 is 22.5 Å². The minimum Gasteiger partial charge on any atom is -0.477 e. The third-order valence-electron chi connectivity index (χ3n) is 3.15. The molecular weight excluding hydrogens is 262 g/mol. The normalized spacial score (nSPS) is 11.1. The van der Waals surface area contributed by atoms with Crippen LogP contribution in [0.25, 0.3) is 16.5 Å². The molecule has 0 spiro atoms. The van der Waals surface area contributed by atoms with Gasteiger partial charge in [-0.05, 0) is 24.6 Å². The third kappa shape index (κ3) is 1.55. The number of rotatable bonds is 1. The van der Waals surface area contributed by atoms with Crippen LogP contribution in [-0.2, 0) is 0 Å². The lowest BCUT2D eigenvalue weighted by Gasteiger charge is -2.08. The highest BCUT2D eigenvalue weighted by Crippen LogP contribution is 2.21. The first-order chi connectivity index (χ1) is 9.50. The highest BCUT2D eigenvalue weighted by molar-refractivity contribution is 6.07. The quantitative estimate of drug-likeness (QED) is 0.676. The van der Waals surface area contributed by atoms with Crippen LogP contribution in [0.15, 0.2) is 44.5 Å². The predicted molar refractivity (Wildman–Crippen MR) is 71.4 cm³/mol. The van der Waals surface area contributed by atoms with E-state index >= 15 is 0 Å². The Morgan fingerprint density at radius 1 is 1.30 bits per heavy atom. The molecule has 0 bridgehead atoms. The van der Waals surface area contributed by atoms with E-state index in [2.05, 4.69) is 0 Å². The first kappa shape index (κ1) is 12.2. The van der Waals surface area contributed by atoms with Gasteiger partial charge in [-0.2, -0.15) is 0 Å². The molecule has 0 amide bonds. The minimum atomic E-state index is -1.26. The Morgan fingerprint density at radius 2 is 2.05 bits per heavy atom. The van der Waals surface area contributed by atoms with E-state index < -0.39 is 17.2 Å². The second-order valence-electron chi connectivity index (χ2n) is 4.39. The van der Waals surface area contributed by atoms with Crippen LogP contribution in [0.5, 0.6) is 0 Å². The number of carbonyl (C=O) groups is 1. The van der Waals surface area contributed by atoms with Crippen molar-refractivity contribution in [2.75, 3.05) is 0 Å². The van der Waals surface area contributed by atoms with Gasteiger partial charge in [0.25, 0.3) is 5.56 Å². The summed E-state index contributed by atoms with van der Waals surface area (Å²) in [5, 5.41) is 9.48. The lowest BCUT2D eigenvalue weighted by atomic mass is 10.1. The summed E-state index contributed by atoms with van der Waals surface area (Å²) in [4.78, 5) is 35.3. The van der Waals surface area contributed by atoms with Crippen molar-refractivity contribution in [3.8, 4) is 0 Å². The van der Waals surface area contributed by atoms with Crippen LogP contribution in [0.3, 0.4) is 0 Å². The standard InChI is InChI=1S/C14H9NO5/c1-7-6-9(16)20-12-10(7)13(17)15-5-3-2-4-8(15)11(12)14(18)19/h2-6H,1H3,(H,18,19). The van der Waals surface area contributed by atoms with Gasteiger partial charge in [0.2, 0.25) is 0 Å². The van der Waals surface area contributed by atoms with E-state index in [1.54, 1.807) is 19.1 Å². The Morgan fingerprint density at radius 3 is 2.75 bits per heavy atom. The molecule has 0 aliphatic carbocycles. The third-order valence-corrected chi connectivity index (χ3v) is 3.15. The maximum absolute atomic E-state index is 12.4. The molecule has 1 N–H and O–H groups in total. The van der Waals surface area contributed by atoms with E-state index in [0.717, 1.165) is 0 Å². The Balaban J connectivity index is 2.79. The maximum Gasteiger partial charge on any atom is 0.341 e. The summed E-state index contributed by atoms with van der Waals surface area (Å²) >= 11 is 0. The number of nitrogens with zero attached hydrogens (tertiary/aromatic N) is 1. The SMILES string of the molecule is Cc1cc(=O)oc2c(C(=O)O)c3ccccn3c(=O)c12. The molecule has 0 saturated carbocycles. The van der Waals surface area contributed by atoms with Gasteiger partial charge in [-0.1, -0.05) is 6.07 Å². The highest BCUT2D eigenvalue weighted by Gasteiger charge is 2.20. The number of aromatic carboxylic acids is 1. The molecule has 0 aliphatic rings. The van der Waals surface area contributed by atoms with Gasteiger partial charge in [0.05, 0.1) is 10.9 Å². The zero-order chi connectivity index (χ0) is 14.4. The zero-order valence-corrected chi connectivity index (χ0v) is 10.4. The van der Waals surface area contributed by atoms with Crippen LogP contribution in [0, 0.1) is 6.92 Å². The molecule has 6 nitrogen and oxygen atoms in total. The summed E-state index contributed by atoms with van der Waals surface area (Å²) in [7, 11) is 0. The smallest absolute Gasteiger partial charge is 0.341 e. The van der Waals surface area contributed by atoms with Crippen LogP contribution in [0.4, 0.5) is 0 Å². The number of hydrogen-bond acceptors (Lipinski definition) is 4. The summed E-state index contributed by atoms with van der Waals surface area (Å²) in [6.45, 7) is 1.57. The van der Waals surface area contributed by atoms with Gasteiger partial charge < -0.3 is 9.52 Å². The van der Waals surface area contributed by atoms with Gasteiger partial charge in [-0.15, -0.1) is 0 Å². The molecule has 0 atom stereocenters. The van der Waals surface area contributed by atoms with Crippen molar-refractivity contribution in [3.63, 3.8) is 0 Å². The fraction of sp³-hybridized carbons (Fsp3) is 0.0714.